The highest BCUT2D eigenvalue weighted by Crippen LogP contribution is 2.34. The van der Waals surface area contributed by atoms with Crippen molar-refractivity contribution in [3.8, 4) is 0 Å². The second-order valence-corrected chi connectivity index (χ2v) is 8.63. The lowest BCUT2D eigenvalue weighted by Gasteiger charge is -2.35. The summed E-state index contributed by atoms with van der Waals surface area (Å²) in [4.78, 5) is 20.3. The Kier molecular flexibility index (Phi) is 7.48. The minimum Gasteiger partial charge on any atom is -0.480 e. The van der Waals surface area contributed by atoms with Crippen LogP contribution < -0.4 is 10.6 Å². The van der Waals surface area contributed by atoms with Crippen molar-refractivity contribution < 1.29 is 14.6 Å². The van der Waals surface area contributed by atoms with Crippen molar-refractivity contribution in [1.29, 1.82) is 0 Å². The number of hydrogen-bond donors (Lipinski definition) is 3. The van der Waals surface area contributed by atoms with Gasteiger partial charge in [0.1, 0.15) is 11.9 Å². The van der Waals surface area contributed by atoms with Crippen molar-refractivity contribution in [1.82, 2.24) is 15.3 Å². The first-order valence-corrected chi connectivity index (χ1v) is 11.4. The molecule has 2 aromatic heterocycles. The highest BCUT2D eigenvalue weighted by atomic mass is 16.5. The Hall–Kier alpha value is -2.51. The molecule has 1 aliphatic heterocycles. The number of carbonyl (C=O) groups is 1. The third-order valence-corrected chi connectivity index (χ3v) is 6.31. The number of nitrogens with one attached hydrogen (secondary N) is 2. The second kappa shape index (κ2) is 10.7. The van der Waals surface area contributed by atoms with Crippen molar-refractivity contribution in [2.45, 2.75) is 63.6 Å². The number of pyridine rings is 2. The Balaban J connectivity index is 1.11. The van der Waals surface area contributed by atoms with Crippen LogP contribution in [0.2, 0.25) is 0 Å². The SMILES string of the molecule is O=C(O)C(CCO[C@H]1C[C@H](CCc2ccc3c(n2)NCCC3)C1)NCc1ccncc1. The molecular weight excluding hydrogens is 392 g/mol. The van der Waals surface area contributed by atoms with Crippen LogP contribution in [-0.2, 0) is 28.9 Å². The maximum atomic E-state index is 11.5. The van der Waals surface area contributed by atoms with E-state index in [2.05, 4.69) is 27.8 Å². The lowest BCUT2D eigenvalue weighted by atomic mass is 9.79. The molecule has 1 fully saturated rings. The molecule has 2 aromatic rings. The zero-order valence-corrected chi connectivity index (χ0v) is 17.9. The average molecular weight is 425 g/mol. The van der Waals surface area contributed by atoms with Crippen LogP contribution in [-0.4, -0.2) is 46.3 Å². The van der Waals surface area contributed by atoms with Crippen LogP contribution in [0.4, 0.5) is 5.82 Å². The first-order chi connectivity index (χ1) is 15.2. The summed E-state index contributed by atoms with van der Waals surface area (Å²) < 4.78 is 5.93. The molecule has 0 bridgehead atoms. The molecule has 1 saturated carbocycles. The smallest absolute Gasteiger partial charge is 0.320 e. The fourth-order valence-electron chi connectivity index (χ4n) is 4.31. The predicted octanol–water partition coefficient (Wildman–Crippen LogP) is 3.20. The standard InChI is InChI=1S/C24H32N4O3/c29-24(30)22(27-16-17-7-11-25-12-8-17)9-13-31-21-14-18(15-21)3-5-20-6-4-19-2-1-10-26-23(19)28-20/h4,6-8,11-12,18,21-22,27H,1-3,5,9-10,13-16H2,(H,26,28)(H,29,30)/t18-,21-,22?. The molecule has 7 heteroatoms. The van der Waals surface area contributed by atoms with Gasteiger partial charge in [-0.05, 0) is 80.2 Å². The molecule has 2 aliphatic rings. The quantitative estimate of drug-likeness (QED) is 0.510. The molecule has 0 saturated heterocycles. The molecular formula is C24H32N4O3. The highest BCUT2D eigenvalue weighted by Gasteiger charge is 2.30. The summed E-state index contributed by atoms with van der Waals surface area (Å²) in [5, 5.41) is 15.9. The van der Waals surface area contributed by atoms with Gasteiger partial charge in [0.2, 0.25) is 0 Å². The lowest BCUT2D eigenvalue weighted by Crippen LogP contribution is -2.38. The van der Waals surface area contributed by atoms with E-state index in [1.54, 1.807) is 12.4 Å². The largest absolute Gasteiger partial charge is 0.480 e. The van der Waals surface area contributed by atoms with Gasteiger partial charge < -0.3 is 20.5 Å². The van der Waals surface area contributed by atoms with Crippen LogP contribution in [0.3, 0.4) is 0 Å². The van der Waals surface area contributed by atoms with E-state index in [4.69, 9.17) is 9.72 Å². The number of aliphatic carboxylic acids is 1. The third kappa shape index (κ3) is 6.24. The Morgan fingerprint density at radius 1 is 1.26 bits per heavy atom. The zero-order valence-electron chi connectivity index (χ0n) is 17.9. The van der Waals surface area contributed by atoms with Crippen molar-refractivity contribution >= 4 is 11.8 Å². The number of ether oxygens (including phenoxy) is 1. The fraction of sp³-hybridized carbons (Fsp3) is 0.542. The Bertz CT molecular complexity index is 855. The molecule has 0 radical (unpaired) electrons. The summed E-state index contributed by atoms with van der Waals surface area (Å²) in [6, 6.07) is 7.55. The number of carboxylic acids is 1. The van der Waals surface area contributed by atoms with Crippen LogP contribution in [0.1, 0.15) is 48.9 Å². The van der Waals surface area contributed by atoms with Gasteiger partial charge in [0.15, 0.2) is 0 Å². The molecule has 1 unspecified atom stereocenters. The van der Waals surface area contributed by atoms with Crippen LogP contribution in [0.25, 0.3) is 0 Å². The summed E-state index contributed by atoms with van der Waals surface area (Å²) in [6.45, 7) is 2.00. The maximum Gasteiger partial charge on any atom is 0.320 e. The summed E-state index contributed by atoms with van der Waals surface area (Å²) >= 11 is 0. The summed E-state index contributed by atoms with van der Waals surface area (Å²) in [6.07, 6.45) is 10.7. The van der Waals surface area contributed by atoms with Gasteiger partial charge in [-0.3, -0.25) is 9.78 Å². The first-order valence-electron chi connectivity index (χ1n) is 11.4. The molecule has 166 valence electrons. The van der Waals surface area contributed by atoms with Crippen molar-refractivity contribution in [2.24, 2.45) is 5.92 Å². The van der Waals surface area contributed by atoms with E-state index < -0.39 is 12.0 Å². The fourth-order valence-corrected chi connectivity index (χ4v) is 4.31. The van der Waals surface area contributed by atoms with Gasteiger partial charge >= 0.3 is 5.97 Å². The van der Waals surface area contributed by atoms with Gasteiger partial charge in [-0.25, -0.2) is 4.98 Å². The van der Waals surface area contributed by atoms with Crippen LogP contribution in [0.15, 0.2) is 36.7 Å². The maximum absolute atomic E-state index is 11.5. The Morgan fingerprint density at radius 2 is 2.10 bits per heavy atom. The van der Waals surface area contributed by atoms with Gasteiger partial charge in [-0.15, -0.1) is 0 Å². The minimum absolute atomic E-state index is 0.262. The number of carboxylic acid groups (broad SMARTS) is 1. The summed E-state index contributed by atoms with van der Waals surface area (Å²) in [7, 11) is 0. The normalized spacial score (nSPS) is 20.9. The number of rotatable bonds is 11. The van der Waals surface area contributed by atoms with E-state index in [-0.39, 0.29) is 6.10 Å². The zero-order chi connectivity index (χ0) is 21.5. The van der Waals surface area contributed by atoms with E-state index in [1.165, 1.54) is 17.7 Å². The van der Waals surface area contributed by atoms with Crippen molar-refractivity contribution in [2.75, 3.05) is 18.5 Å². The number of fused-ring (bicyclic) bond motifs is 1. The molecule has 31 heavy (non-hydrogen) atoms. The Labute approximate surface area is 183 Å². The summed E-state index contributed by atoms with van der Waals surface area (Å²) in [5.41, 5.74) is 3.53. The van der Waals surface area contributed by atoms with Gasteiger partial charge in [0.25, 0.3) is 0 Å². The van der Waals surface area contributed by atoms with Crippen molar-refractivity contribution in [3.63, 3.8) is 0 Å². The molecule has 0 aromatic carbocycles. The Morgan fingerprint density at radius 3 is 2.90 bits per heavy atom. The molecule has 4 rings (SSSR count). The molecule has 1 aliphatic carbocycles. The minimum atomic E-state index is -0.837. The number of nitrogens with zero attached hydrogens (tertiary/aromatic N) is 2. The monoisotopic (exact) mass is 424 g/mol. The van der Waals surface area contributed by atoms with E-state index in [1.807, 2.05) is 12.1 Å². The van der Waals surface area contributed by atoms with Crippen LogP contribution in [0.5, 0.6) is 0 Å². The van der Waals surface area contributed by atoms with Crippen LogP contribution >= 0.6 is 0 Å². The second-order valence-electron chi connectivity index (χ2n) is 8.63. The lowest BCUT2D eigenvalue weighted by molar-refractivity contribution is -0.140. The highest BCUT2D eigenvalue weighted by molar-refractivity contribution is 5.73. The van der Waals surface area contributed by atoms with Gasteiger partial charge in [0.05, 0.1) is 6.10 Å². The van der Waals surface area contributed by atoms with E-state index >= 15 is 0 Å². The van der Waals surface area contributed by atoms with E-state index in [0.29, 0.717) is 25.5 Å². The summed E-state index contributed by atoms with van der Waals surface area (Å²) in [5.74, 6) is 0.913. The van der Waals surface area contributed by atoms with Gasteiger partial charge in [0, 0.05) is 37.8 Å². The molecule has 3 N–H and O–H groups in total. The molecule has 0 spiro atoms. The van der Waals surface area contributed by atoms with Crippen molar-refractivity contribution in [3.05, 3.63) is 53.5 Å². The number of aryl methyl sites for hydroxylation is 2. The average Bonchev–Trinajstić information content (AvgIpc) is 2.77. The molecule has 3 heterocycles. The third-order valence-electron chi connectivity index (χ3n) is 6.31. The van der Waals surface area contributed by atoms with Gasteiger partial charge in [-0.2, -0.15) is 0 Å². The van der Waals surface area contributed by atoms with Crippen LogP contribution in [0, 0.1) is 5.92 Å². The predicted molar refractivity (Wildman–Crippen MR) is 119 cm³/mol. The van der Waals surface area contributed by atoms with E-state index in [9.17, 15) is 9.90 Å². The number of aromatic nitrogens is 2. The topological polar surface area (TPSA) is 96.4 Å². The van der Waals surface area contributed by atoms with Gasteiger partial charge in [-0.1, -0.05) is 6.07 Å². The number of anilines is 1. The van der Waals surface area contributed by atoms with E-state index in [0.717, 1.165) is 50.0 Å². The molecule has 7 nitrogen and oxygen atoms in total. The number of hydrogen-bond acceptors (Lipinski definition) is 6. The molecule has 1 atom stereocenters. The molecule has 0 amide bonds. The first kappa shape index (κ1) is 21.7.